The summed E-state index contributed by atoms with van der Waals surface area (Å²) in [6.45, 7) is 12.4. The maximum absolute atomic E-state index is 12.7. The molecule has 0 spiro atoms. The van der Waals surface area contributed by atoms with Crippen molar-refractivity contribution in [2.45, 2.75) is 33.6 Å². The van der Waals surface area contributed by atoms with Gasteiger partial charge in [-0.05, 0) is 37.5 Å². The van der Waals surface area contributed by atoms with Crippen LogP contribution < -0.4 is 0 Å². The van der Waals surface area contributed by atoms with Crippen LogP contribution in [0.5, 0.6) is 5.75 Å². The first kappa shape index (κ1) is 20.2. The van der Waals surface area contributed by atoms with E-state index in [1.807, 2.05) is 24.8 Å². The maximum Gasteiger partial charge on any atom is 0.257 e. The first-order valence-corrected chi connectivity index (χ1v) is 9.49. The molecule has 2 amide bonds. The highest BCUT2D eigenvalue weighted by Gasteiger charge is 2.25. The summed E-state index contributed by atoms with van der Waals surface area (Å²) in [7, 11) is 0. The third kappa shape index (κ3) is 4.75. The second-order valence-corrected chi connectivity index (χ2v) is 7.07. The van der Waals surface area contributed by atoms with Crippen LogP contribution in [-0.2, 0) is 4.79 Å². The minimum atomic E-state index is -0.146. The number of amides is 2. The molecular formula is C20H31N3O3. The van der Waals surface area contributed by atoms with Gasteiger partial charge in [0.15, 0.2) is 0 Å². The summed E-state index contributed by atoms with van der Waals surface area (Å²) in [6, 6.07) is 5.29. The van der Waals surface area contributed by atoms with Crippen LogP contribution in [0.4, 0.5) is 0 Å². The third-order valence-electron chi connectivity index (χ3n) is 5.05. The molecule has 0 aliphatic carbocycles. The Bertz CT molecular complexity index is 633. The summed E-state index contributed by atoms with van der Waals surface area (Å²) in [6.07, 6.45) is 0. The maximum atomic E-state index is 12.7. The molecule has 0 saturated carbocycles. The lowest BCUT2D eigenvalue weighted by Crippen LogP contribution is -2.51. The van der Waals surface area contributed by atoms with Crippen molar-refractivity contribution in [2.24, 2.45) is 0 Å². The topological polar surface area (TPSA) is 64.1 Å². The molecule has 1 heterocycles. The van der Waals surface area contributed by atoms with Crippen molar-refractivity contribution in [1.82, 2.24) is 14.7 Å². The second kappa shape index (κ2) is 9.03. The summed E-state index contributed by atoms with van der Waals surface area (Å²) >= 11 is 0. The van der Waals surface area contributed by atoms with Gasteiger partial charge in [0.2, 0.25) is 5.91 Å². The lowest BCUT2D eigenvalue weighted by Gasteiger charge is -2.35. The lowest BCUT2D eigenvalue weighted by molar-refractivity contribution is -0.132. The second-order valence-electron chi connectivity index (χ2n) is 7.07. The van der Waals surface area contributed by atoms with Gasteiger partial charge in [-0.1, -0.05) is 19.9 Å². The standard InChI is InChI=1S/C20H31N3O3/c1-5-22(6-2)19(25)14-21-9-11-23(12-10-21)20(26)17-8-7-16(15(3)4)13-18(17)24/h7-8,13,15,24H,5-6,9-12,14H2,1-4H3. The Labute approximate surface area is 156 Å². The van der Waals surface area contributed by atoms with Crippen molar-refractivity contribution in [3.05, 3.63) is 29.3 Å². The van der Waals surface area contributed by atoms with E-state index in [2.05, 4.69) is 18.7 Å². The molecule has 0 bridgehead atoms. The molecule has 1 aliphatic rings. The van der Waals surface area contributed by atoms with E-state index in [-0.39, 0.29) is 17.6 Å². The van der Waals surface area contributed by atoms with Gasteiger partial charge in [0.05, 0.1) is 12.1 Å². The molecule has 0 atom stereocenters. The van der Waals surface area contributed by atoms with E-state index in [0.717, 1.165) is 18.7 Å². The molecular weight excluding hydrogens is 330 g/mol. The molecule has 6 heteroatoms. The van der Waals surface area contributed by atoms with Crippen molar-refractivity contribution in [3.63, 3.8) is 0 Å². The smallest absolute Gasteiger partial charge is 0.257 e. The van der Waals surface area contributed by atoms with Gasteiger partial charge in [-0.15, -0.1) is 0 Å². The van der Waals surface area contributed by atoms with Gasteiger partial charge in [0.25, 0.3) is 5.91 Å². The molecule has 1 saturated heterocycles. The van der Waals surface area contributed by atoms with E-state index < -0.39 is 0 Å². The fraction of sp³-hybridized carbons (Fsp3) is 0.600. The summed E-state index contributed by atoms with van der Waals surface area (Å²) < 4.78 is 0. The molecule has 1 aliphatic heterocycles. The zero-order valence-electron chi connectivity index (χ0n) is 16.4. The molecule has 0 aromatic heterocycles. The molecule has 1 fully saturated rings. The minimum Gasteiger partial charge on any atom is -0.507 e. The Kier molecular flexibility index (Phi) is 7.03. The fourth-order valence-corrected chi connectivity index (χ4v) is 3.24. The largest absolute Gasteiger partial charge is 0.507 e. The van der Waals surface area contributed by atoms with Gasteiger partial charge < -0.3 is 14.9 Å². The first-order valence-electron chi connectivity index (χ1n) is 9.49. The summed E-state index contributed by atoms with van der Waals surface area (Å²) in [5, 5.41) is 10.2. The number of likely N-dealkylation sites (N-methyl/N-ethyl adjacent to an activating group) is 1. The predicted molar refractivity (Wildman–Crippen MR) is 102 cm³/mol. The van der Waals surface area contributed by atoms with Crippen molar-refractivity contribution in [1.29, 1.82) is 0 Å². The van der Waals surface area contributed by atoms with Gasteiger partial charge in [0, 0.05) is 39.3 Å². The van der Waals surface area contributed by atoms with E-state index in [1.54, 1.807) is 17.0 Å². The number of carbonyl (C=O) groups is 2. The van der Waals surface area contributed by atoms with E-state index in [1.165, 1.54) is 0 Å². The normalized spacial score (nSPS) is 15.3. The van der Waals surface area contributed by atoms with Crippen LogP contribution in [0.3, 0.4) is 0 Å². The number of benzene rings is 1. The van der Waals surface area contributed by atoms with Gasteiger partial charge >= 0.3 is 0 Å². The number of piperazine rings is 1. The average molecular weight is 361 g/mol. The Morgan fingerprint density at radius 1 is 1.12 bits per heavy atom. The number of rotatable bonds is 6. The van der Waals surface area contributed by atoms with Crippen LogP contribution in [0.25, 0.3) is 0 Å². The molecule has 0 unspecified atom stereocenters. The number of aromatic hydroxyl groups is 1. The van der Waals surface area contributed by atoms with Crippen LogP contribution >= 0.6 is 0 Å². The predicted octanol–water partition coefficient (Wildman–Crippen LogP) is 2.14. The van der Waals surface area contributed by atoms with Crippen LogP contribution in [0.2, 0.25) is 0 Å². The van der Waals surface area contributed by atoms with Crippen molar-refractivity contribution in [2.75, 3.05) is 45.8 Å². The van der Waals surface area contributed by atoms with Crippen LogP contribution in [0, 0.1) is 0 Å². The molecule has 1 aromatic rings. The molecule has 2 rings (SSSR count). The molecule has 26 heavy (non-hydrogen) atoms. The van der Waals surface area contributed by atoms with Gasteiger partial charge in [-0.3, -0.25) is 14.5 Å². The molecule has 0 radical (unpaired) electrons. The van der Waals surface area contributed by atoms with Gasteiger partial charge in [-0.2, -0.15) is 0 Å². The lowest BCUT2D eigenvalue weighted by atomic mass is 10.0. The molecule has 1 N–H and O–H groups in total. The molecule has 144 valence electrons. The summed E-state index contributed by atoms with van der Waals surface area (Å²) in [5.41, 5.74) is 1.36. The van der Waals surface area contributed by atoms with Crippen LogP contribution in [0.15, 0.2) is 18.2 Å². The first-order chi connectivity index (χ1) is 12.4. The van der Waals surface area contributed by atoms with Crippen LogP contribution in [-0.4, -0.2) is 77.4 Å². The molecule has 6 nitrogen and oxygen atoms in total. The summed E-state index contributed by atoms with van der Waals surface area (Å²) in [5.74, 6) is 0.335. The van der Waals surface area contributed by atoms with Crippen LogP contribution in [0.1, 0.15) is 49.5 Å². The highest BCUT2D eigenvalue weighted by atomic mass is 16.3. The van der Waals surface area contributed by atoms with E-state index in [9.17, 15) is 14.7 Å². The van der Waals surface area contributed by atoms with Crippen molar-refractivity contribution in [3.8, 4) is 5.75 Å². The number of carbonyl (C=O) groups excluding carboxylic acids is 2. The Hall–Kier alpha value is -2.08. The Balaban J connectivity index is 1.93. The number of phenols is 1. The van der Waals surface area contributed by atoms with Gasteiger partial charge in [-0.25, -0.2) is 0 Å². The Morgan fingerprint density at radius 3 is 2.23 bits per heavy atom. The SMILES string of the molecule is CCN(CC)C(=O)CN1CCN(C(=O)c2ccc(C(C)C)cc2O)CC1. The zero-order valence-corrected chi connectivity index (χ0v) is 16.4. The van der Waals surface area contributed by atoms with E-state index >= 15 is 0 Å². The van der Waals surface area contributed by atoms with E-state index in [4.69, 9.17) is 0 Å². The van der Waals surface area contributed by atoms with E-state index in [0.29, 0.717) is 44.2 Å². The number of hydrogen-bond donors (Lipinski definition) is 1. The quantitative estimate of drug-likeness (QED) is 0.843. The minimum absolute atomic E-state index is 0.0420. The van der Waals surface area contributed by atoms with Crippen molar-refractivity contribution >= 4 is 11.8 Å². The molecule has 1 aromatic carbocycles. The fourth-order valence-electron chi connectivity index (χ4n) is 3.24. The number of phenolic OH excluding ortho intramolecular Hbond substituents is 1. The number of nitrogens with zero attached hydrogens (tertiary/aromatic N) is 3. The number of hydrogen-bond acceptors (Lipinski definition) is 4. The monoisotopic (exact) mass is 361 g/mol. The highest BCUT2D eigenvalue weighted by Crippen LogP contribution is 2.25. The summed E-state index contributed by atoms with van der Waals surface area (Å²) in [4.78, 5) is 30.6. The van der Waals surface area contributed by atoms with Crippen molar-refractivity contribution < 1.29 is 14.7 Å². The Morgan fingerprint density at radius 2 is 1.73 bits per heavy atom. The zero-order chi connectivity index (χ0) is 19.3. The highest BCUT2D eigenvalue weighted by molar-refractivity contribution is 5.97. The van der Waals surface area contributed by atoms with Gasteiger partial charge in [0.1, 0.15) is 5.75 Å². The average Bonchev–Trinajstić information content (AvgIpc) is 2.62. The third-order valence-corrected chi connectivity index (χ3v) is 5.05.